The van der Waals surface area contributed by atoms with Gasteiger partial charge in [-0.15, -0.1) is 0 Å². The first-order valence-corrected chi connectivity index (χ1v) is 4.92. The molecule has 0 aromatic heterocycles. The number of nitrogens with one attached hydrogen (secondary N) is 1. The molecule has 1 fully saturated rings. The van der Waals surface area contributed by atoms with Crippen LogP contribution in [0.25, 0.3) is 0 Å². The molecule has 1 aliphatic rings. The van der Waals surface area contributed by atoms with Crippen molar-refractivity contribution in [2.75, 3.05) is 13.2 Å². The molecule has 0 amide bonds. The zero-order valence-corrected chi connectivity index (χ0v) is 8.43. The van der Waals surface area contributed by atoms with E-state index in [0.29, 0.717) is 0 Å². The molecule has 1 heterocycles. The highest BCUT2D eigenvalue weighted by Crippen LogP contribution is 2.34. The third-order valence-electron chi connectivity index (χ3n) is 2.44. The Balaban J connectivity index is 2.52. The predicted molar refractivity (Wildman–Crippen MR) is 47.2 cm³/mol. The fourth-order valence-corrected chi connectivity index (χ4v) is 1.64. The van der Waals surface area contributed by atoms with E-state index in [-0.39, 0.29) is 26.0 Å². The van der Waals surface area contributed by atoms with Gasteiger partial charge in [0.1, 0.15) is 6.04 Å². The Hall–Kier alpha value is -0.780. The number of rotatable bonds is 2. The molecule has 6 heteroatoms. The van der Waals surface area contributed by atoms with Gasteiger partial charge >= 0.3 is 12.1 Å². The van der Waals surface area contributed by atoms with Crippen LogP contribution in [0.4, 0.5) is 13.2 Å². The molecule has 1 rings (SSSR count). The molecule has 0 aromatic carbocycles. The van der Waals surface area contributed by atoms with E-state index in [0.717, 1.165) is 0 Å². The average Bonchev–Trinajstić information content (AvgIpc) is 2.17. The maximum Gasteiger partial charge on any atom is 0.391 e. The van der Waals surface area contributed by atoms with E-state index in [9.17, 15) is 18.0 Å². The molecule has 88 valence electrons. The van der Waals surface area contributed by atoms with Crippen molar-refractivity contribution in [3.63, 3.8) is 0 Å². The van der Waals surface area contributed by atoms with E-state index in [1.54, 1.807) is 6.92 Å². The summed E-state index contributed by atoms with van der Waals surface area (Å²) in [7, 11) is 0. The van der Waals surface area contributed by atoms with Gasteiger partial charge in [0.15, 0.2) is 0 Å². The quantitative estimate of drug-likeness (QED) is 0.723. The van der Waals surface area contributed by atoms with Crippen molar-refractivity contribution >= 4 is 5.97 Å². The summed E-state index contributed by atoms with van der Waals surface area (Å²) in [5.74, 6) is -1.99. The largest absolute Gasteiger partial charge is 0.465 e. The molecule has 1 N–H and O–H groups in total. The lowest BCUT2D eigenvalue weighted by atomic mass is 9.92. The number of halogens is 3. The van der Waals surface area contributed by atoms with Gasteiger partial charge in [-0.05, 0) is 26.3 Å². The van der Waals surface area contributed by atoms with Crippen LogP contribution in [0.3, 0.4) is 0 Å². The Kier molecular flexibility index (Phi) is 3.96. The van der Waals surface area contributed by atoms with Gasteiger partial charge in [-0.2, -0.15) is 13.2 Å². The first-order chi connectivity index (χ1) is 6.95. The van der Waals surface area contributed by atoms with Crippen LogP contribution >= 0.6 is 0 Å². The van der Waals surface area contributed by atoms with Crippen molar-refractivity contribution in [1.82, 2.24) is 5.32 Å². The first-order valence-electron chi connectivity index (χ1n) is 4.92. The summed E-state index contributed by atoms with van der Waals surface area (Å²) in [5, 5.41) is 2.73. The highest BCUT2D eigenvalue weighted by Gasteiger charge is 2.43. The van der Waals surface area contributed by atoms with E-state index < -0.39 is 24.1 Å². The number of hydrogen-bond acceptors (Lipinski definition) is 3. The molecule has 0 saturated carbocycles. The summed E-state index contributed by atoms with van der Waals surface area (Å²) >= 11 is 0. The second-order valence-corrected chi connectivity index (χ2v) is 3.52. The topological polar surface area (TPSA) is 38.3 Å². The Morgan fingerprint density at radius 2 is 2.20 bits per heavy atom. The molecule has 2 atom stereocenters. The minimum absolute atomic E-state index is 0.0272. The van der Waals surface area contributed by atoms with Gasteiger partial charge in [0.25, 0.3) is 0 Å². The summed E-state index contributed by atoms with van der Waals surface area (Å²) in [6.07, 6.45) is -4.41. The lowest BCUT2D eigenvalue weighted by Gasteiger charge is -2.30. The smallest absolute Gasteiger partial charge is 0.391 e. The molecule has 0 bridgehead atoms. The Bertz CT molecular complexity index is 230. The second-order valence-electron chi connectivity index (χ2n) is 3.52. The van der Waals surface area contributed by atoms with E-state index in [1.165, 1.54) is 0 Å². The van der Waals surface area contributed by atoms with E-state index in [1.807, 2.05) is 0 Å². The SMILES string of the molecule is CCOC(=O)[C@H]1C[C@H](C(F)(F)F)CCN1. The Labute approximate surface area is 86.0 Å². The summed E-state index contributed by atoms with van der Waals surface area (Å²) in [4.78, 5) is 11.2. The molecular weight excluding hydrogens is 211 g/mol. The van der Waals surface area contributed by atoms with Crippen molar-refractivity contribution in [3.05, 3.63) is 0 Å². The van der Waals surface area contributed by atoms with Crippen molar-refractivity contribution in [2.24, 2.45) is 5.92 Å². The maximum absolute atomic E-state index is 12.4. The summed E-state index contributed by atoms with van der Waals surface area (Å²) in [6.45, 7) is 2.02. The molecule has 15 heavy (non-hydrogen) atoms. The number of piperidine rings is 1. The fourth-order valence-electron chi connectivity index (χ4n) is 1.64. The van der Waals surface area contributed by atoms with Gasteiger partial charge in [0, 0.05) is 0 Å². The highest BCUT2D eigenvalue weighted by molar-refractivity contribution is 5.75. The maximum atomic E-state index is 12.4. The van der Waals surface area contributed by atoms with Crippen molar-refractivity contribution < 1.29 is 22.7 Å². The number of ether oxygens (including phenoxy) is 1. The van der Waals surface area contributed by atoms with Crippen LogP contribution in [0.15, 0.2) is 0 Å². The fraction of sp³-hybridized carbons (Fsp3) is 0.889. The van der Waals surface area contributed by atoms with Crippen molar-refractivity contribution in [3.8, 4) is 0 Å². The summed E-state index contributed by atoms with van der Waals surface area (Å²) in [5.41, 5.74) is 0. The molecule has 0 spiro atoms. The average molecular weight is 225 g/mol. The monoisotopic (exact) mass is 225 g/mol. The van der Waals surface area contributed by atoms with Gasteiger partial charge in [0.05, 0.1) is 12.5 Å². The van der Waals surface area contributed by atoms with Crippen LogP contribution in [0, 0.1) is 5.92 Å². The number of carbonyl (C=O) groups excluding carboxylic acids is 1. The van der Waals surface area contributed by atoms with Gasteiger partial charge in [-0.25, -0.2) is 0 Å². The van der Waals surface area contributed by atoms with E-state index in [4.69, 9.17) is 0 Å². The van der Waals surface area contributed by atoms with Crippen molar-refractivity contribution in [2.45, 2.75) is 32.0 Å². The standard InChI is InChI=1S/C9H14F3NO2/c1-2-15-8(14)7-5-6(3-4-13-7)9(10,11)12/h6-7,13H,2-5H2,1H3/t6-,7-/m1/s1. The van der Waals surface area contributed by atoms with Gasteiger partial charge in [-0.1, -0.05) is 0 Å². The minimum Gasteiger partial charge on any atom is -0.465 e. The Morgan fingerprint density at radius 3 is 2.73 bits per heavy atom. The predicted octanol–water partition coefficient (Wildman–Crippen LogP) is 1.48. The Morgan fingerprint density at radius 1 is 1.53 bits per heavy atom. The molecule has 1 saturated heterocycles. The molecule has 3 nitrogen and oxygen atoms in total. The van der Waals surface area contributed by atoms with E-state index >= 15 is 0 Å². The summed E-state index contributed by atoms with van der Waals surface area (Å²) in [6, 6.07) is -0.815. The molecule has 0 radical (unpaired) electrons. The molecule has 0 aromatic rings. The van der Waals surface area contributed by atoms with Crippen LogP contribution in [0.5, 0.6) is 0 Å². The lowest BCUT2D eigenvalue weighted by molar-refractivity contribution is -0.185. The highest BCUT2D eigenvalue weighted by atomic mass is 19.4. The molecule has 0 unspecified atom stereocenters. The zero-order chi connectivity index (χ0) is 11.5. The zero-order valence-electron chi connectivity index (χ0n) is 8.43. The molecule has 0 aliphatic carbocycles. The third kappa shape index (κ3) is 3.37. The number of carbonyl (C=O) groups is 1. The summed E-state index contributed by atoms with van der Waals surface area (Å²) < 4.78 is 41.8. The van der Waals surface area contributed by atoms with Gasteiger partial charge in [-0.3, -0.25) is 4.79 Å². The van der Waals surface area contributed by atoms with Gasteiger partial charge in [0.2, 0.25) is 0 Å². The van der Waals surface area contributed by atoms with Crippen LogP contribution in [0.1, 0.15) is 19.8 Å². The third-order valence-corrected chi connectivity index (χ3v) is 2.44. The van der Waals surface area contributed by atoms with Gasteiger partial charge < -0.3 is 10.1 Å². The normalized spacial score (nSPS) is 27.5. The molecular formula is C9H14F3NO2. The van der Waals surface area contributed by atoms with Crippen LogP contribution < -0.4 is 5.32 Å². The van der Waals surface area contributed by atoms with Crippen LogP contribution in [-0.4, -0.2) is 31.3 Å². The number of alkyl halides is 3. The van der Waals surface area contributed by atoms with Crippen LogP contribution in [-0.2, 0) is 9.53 Å². The van der Waals surface area contributed by atoms with E-state index in [2.05, 4.69) is 10.1 Å². The number of hydrogen-bond donors (Lipinski definition) is 1. The van der Waals surface area contributed by atoms with Crippen molar-refractivity contribution in [1.29, 1.82) is 0 Å². The number of esters is 1. The minimum atomic E-state index is -4.22. The second kappa shape index (κ2) is 4.83. The first kappa shape index (κ1) is 12.3. The lowest BCUT2D eigenvalue weighted by Crippen LogP contribution is -2.47. The van der Waals surface area contributed by atoms with Crippen LogP contribution in [0.2, 0.25) is 0 Å². The molecule has 1 aliphatic heterocycles.